The van der Waals surface area contributed by atoms with Gasteiger partial charge in [-0.25, -0.2) is 4.39 Å². The maximum atomic E-state index is 13.5. The second-order valence-corrected chi connectivity index (χ2v) is 3.96. The number of pyridine rings is 1. The van der Waals surface area contributed by atoms with Crippen LogP contribution in [0.3, 0.4) is 0 Å². The van der Waals surface area contributed by atoms with Gasteiger partial charge in [-0.3, -0.25) is 9.78 Å². The molecule has 0 aliphatic heterocycles. The molecule has 20 heavy (non-hydrogen) atoms. The van der Waals surface area contributed by atoms with Gasteiger partial charge in [0.2, 0.25) is 5.91 Å². The fourth-order valence-corrected chi connectivity index (χ4v) is 1.58. The zero-order chi connectivity index (χ0) is 14.4. The summed E-state index contributed by atoms with van der Waals surface area (Å²) in [5.74, 6) is -0.612. The van der Waals surface area contributed by atoms with E-state index in [0.717, 1.165) is 0 Å². The molecule has 0 aliphatic rings. The van der Waals surface area contributed by atoms with Crippen LogP contribution < -0.4 is 10.1 Å². The van der Waals surface area contributed by atoms with Crippen LogP contribution in [0.15, 0.2) is 48.8 Å². The van der Waals surface area contributed by atoms with Crippen LogP contribution in [0.25, 0.3) is 6.08 Å². The molecule has 0 aliphatic carbocycles. The van der Waals surface area contributed by atoms with Crippen LogP contribution in [-0.4, -0.2) is 18.0 Å². The van der Waals surface area contributed by atoms with Gasteiger partial charge in [-0.15, -0.1) is 0 Å². The fraction of sp³-hybridized carbons (Fsp3) is 0.0667. The van der Waals surface area contributed by atoms with Crippen LogP contribution in [0.1, 0.15) is 5.56 Å². The Bertz CT molecular complexity index is 627. The molecule has 0 spiro atoms. The highest BCUT2D eigenvalue weighted by Crippen LogP contribution is 2.18. The third kappa shape index (κ3) is 3.65. The number of hydrogen-bond donors (Lipinski definition) is 1. The highest BCUT2D eigenvalue weighted by atomic mass is 19.1. The summed E-state index contributed by atoms with van der Waals surface area (Å²) in [7, 11) is 1.40. The summed E-state index contributed by atoms with van der Waals surface area (Å²) in [5.41, 5.74) is 1.17. The number of hydrogen-bond acceptors (Lipinski definition) is 3. The van der Waals surface area contributed by atoms with Gasteiger partial charge < -0.3 is 10.1 Å². The zero-order valence-corrected chi connectivity index (χ0v) is 10.8. The van der Waals surface area contributed by atoms with Crippen LogP contribution in [0.2, 0.25) is 0 Å². The molecule has 0 unspecified atom stereocenters. The first-order chi connectivity index (χ1) is 9.69. The predicted molar refractivity (Wildman–Crippen MR) is 74.9 cm³/mol. The van der Waals surface area contributed by atoms with Crippen molar-refractivity contribution in [2.45, 2.75) is 0 Å². The van der Waals surface area contributed by atoms with E-state index in [-0.39, 0.29) is 11.7 Å². The van der Waals surface area contributed by atoms with Gasteiger partial charge in [0, 0.05) is 12.3 Å². The summed E-state index contributed by atoms with van der Waals surface area (Å²) in [6.45, 7) is 0. The van der Waals surface area contributed by atoms with Crippen molar-refractivity contribution >= 4 is 17.7 Å². The largest absolute Gasteiger partial charge is 0.494 e. The van der Waals surface area contributed by atoms with Crippen molar-refractivity contribution in [3.8, 4) is 5.75 Å². The maximum Gasteiger partial charge on any atom is 0.248 e. The Morgan fingerprint density at radius 3 is 2.90 bits per heavy atom. The molecule has 102 valence electrons. The van der Waals surface area contributed by atoms with Crippen molar-refractivity contribution < 1.29 is 13.9 Å². The second kappa shape index (κ2) is 6.47. The third-order valence-electron chi connectivity index (χ3n) is 2.53. The minimum absolute atomic E-state index is 0.168. The lowest BCUT2D eigenvalue weighted by atomic mass is 10.2. The molecule has 0 bridgehead atoms. The number of ether oxygens (including phenoxy) is 1. The fourth-order valence-electron chi connectivity index (χ4n) is 1.58. The Morgan fingerprint density at radius 1 is 1.40 bits per heavy atom. The number of nitrogens with zero attached hydrogens (tertiary/aromatic N) is 1. The van der Waals surface area contributed by atoms with Crippen molar-refractivity contribution in [2.24, 2.45) is 0 Å². The molecular weight excluding hydrogens is 259 g/mol. The first-order valence-corrected chi connectivity index (χ1v) is 5.91. The minimum Gasteiger partial charge on any atom is -0.494 e. The molecule has 0 saturated carbocycles. The molecule has 0 fully saturated rings. The lowest BCUT2D eigenvalue weighted by Gasteiger charge is -2.02. The second-order valence-electron chi connectivity index (χ2n) is 3.96. The van der Waals surface area contributed by atoms with Gasteiger partial charge >= 0.3 is 0 Å². The van der Waals surface area contributed by atoms with Crippen LogP contribution in [0.5, 0.6) is 5.75 Å². The number of rotatable bonds is 4. The molecule has 0 atom stereocenters. The molecule has 1 heterocycles. The van der Waals surface area contributed by atoms with E-state index in [1.54, 1.807) is 30.6 Å². The van der Waals surface area contributed by atoms with E-state index in [2.05, 4.69) is 10.3 Å². The summed E-state index contributed by atoms with van der Waals surface area (Å²) in [4.78, 5) is 15.5. The number of halogens is 1. The van der Waals surface area contributed by atoms with Crippen molar-refractivity contribution in [3.63, 3.8) is 0 Å². The topological polar surface area (TPSA) is 51.2 Å². The summed E-state index contributed by atoms with van der Waals surface area (Å²) >= 11 is 0. The number of carbonyl (C=O) groups excluding carboxylic acids is 1. The van der Waals surface area contributed by atoms with Crippen molar-refractivity contribution in [1.82, 2.24) is 4.98 Å². The quantitative estimate of drug-likeness (QED) is 0.871. The predicted octanol–water partition coefficient (Wildman–Crippen LogP) is 2.88. The average Bonchev–Trinajstić information content (AvgIpc) is 2.46. The minimum atomic E-state index is -0.470. The van der Waals surface area contributed by atoms with E-state index in [0.29, 0.717) is 11.3 Å². The van der Waals surface area contributed by atoms with E-state index in [4.69, 9.17) is 4.74 Å². The SMILES string of the molecule is COc1ccc(/C=C/C(=O)Nc2cccnc2)cc1F. The Labute approximate surface area is 115 Å². The van der Waals surface area contributed by atoms with Crippen molar-refractivity contribution in [2.75, 3.05) is 12.4 Å². The molecule has 1 N–H and O–H groups in total. The molecule has 0 radical (unpaired) electrons. The molecule has 5 heteroatoms. The first-order valence-electron chi connectivity index (χ1n) is 5.91. The number of amides is 1. The monoisotopic (exact) mass is 272 g/mol. The van der Waals surface area contributed by atoms with Gasteiger partial charge in [-0.2, -0.15) is 0 Å². The van der Waals surface area contributed by atoms with Crippen LogP contribution in [-0.2, 0) is 4.79 Å². The molecule has 4 nitrogen and oxygen atoms in total. The molecule has 1 aromatic carbocycles. The van der Waals surface area contributed by atoms with E-state index in [1.165, 1.54) is 31.4 Å². The van der Waals surface area contributed by atoms with Crippen molar-refractivity contribution in [3.05, 3.63) is 60.2 Å². The zero-order valence-electron chi connectivity index (χ0n) is 10.8. The van der Waals surface area contributed by atoms with Gasteiger partial charge in [0.15, 0.2) is 11.6 Å². The highest BCUT2D eigenvalue weighted by molar-refractivity contribution is 6.01. The number of anilines is 1. The maximum absolute atomic E-state index is 13.5. The molecule has 1 aromatic heterocycles. The van der Waals surface area contributed by atoms with E-state index in [9.17, 15) is 9.18 Å². The highest BCUT2D eigenvalue weighted by Gasteiger charge is 2.02. The standard InChI is InChI=1S/C15H13FN2O2/c1-20-14-6-4-11(9-13(14)16)5-7-15(19)18-12-3-2-8-17-10-12/h2-10H,1H3,(H,18,19)/b7-5+. The molecule has 2 rings (SSSR count). The lowest BCUT2D eigenvalue weighted by Crippen LogP contribution is -2.07. The smallest absolute Gasteiger partial charge is 0.248 e. The van der Waals surface area contributed by atoms with Gasteiger partial charge in [-0.05, 0) is 35.9 Å². The van der Waals surface area contributed by atoms with Crippen LogP contribution >= 0.6 is 0 Å². The Balaban J connectivity index is 2.02. The number of carbonyl (C=O) groups is 1. The molecule has 1 amide bonds. The summed E-state index contributed by atoms with van der Waals surface area (Å²) < 4.78 is 18.3. The number of nitrogens with one attached hydrogen (secondary N) is 1. The molecular formula is C15H13FN2O2. The van der Waals surface area contributed by atoms with E-state index in [1.807, 2.05) is 0 Å². The first kappa shape index (κ1) is 13.7. The number of aromatic nitrogens is 1. The van der Waals surface area contributed by atoms with Crippen LogP contribution in [0.4, 0.5) is 10.1 Å². The number of methoxy groups -OCH3 is 1. The summed E-state index contributed by atoms with van der Waals surface area (Å²) in [6.07, 6.45) is 6.01. The Kier molecular flexibility index (Phi) is 4.44. The molecule has 0 saturated heterocycles. The van der Waals surface area contributed by atoms with E-state index < -0.39 is 5.82 Å². The Morgan fingerprint density at radius 2 is 2.25 bits per heavy atom. The van der Waals surface area contributed by atoms with Gasteiger partial charge in [-0.1, -0.05) is 6.07 Å². The normalized spacial score (nSPS) is 10.5. The van der Waals surface area contributed by atoms with Gasteiger partial charge in [0.05, 0.1) is 19.0 Å². The van der Waals surface area contributed by atoms with E-state index >= 15 is 0 Å². The number of benzene rings is 1. The average molecular weight is 272 g/mol. The summed E-state index contributed by atoms with van der Waals surface area (Å²) in [6, 6.07) is 7.92. The third-order valence-corrected chi connectivity index (χ3v) is 2.53. The lowest BCUT2D eigenvalue weighted by molar-refractivity contribution is -0.111. The Hall–Kier alpha value is -2.69. The molecule has 2 aromatic rings. The van der Waals surface area contributed by atoms with Crippen molar-refractivity contribution in [1.29, 1.82) is 0 Å². The van der Waals surface area contributed by atoms with Gasteiger partial charge in [0.25, 0.3) is 0 Å². The van der Waals surface area contributed by atoms with Crippen LogP contribution in [0, 0.1) is 5.82 Å². The van der Waals surface area contributed by atoms with Gasteiger partial charge in [0.1, 0.15) is 0 Å². The summed E-state index contributed by atoms with van der Waals surface area (Å²) in [5, 5.41) is 2.64.